The lowest BCUT2D eigenvalue weighted by atomic mass is 10.5. The molecule has 0 aliphatic carbocycles. The molecule has 2 aromatic heterocycles. The van der Waals surface area contributed by atoms with E-state index in [1.807, 2.05) is 6.07 Å². The minimum Gasteiger partial charge on any atom is -0.235 e. The van der Waals surface area contributed by atoms with E-state index < -0.39 is 0 Å². The van der Waals surface area contributed by atoms with Gasteiger partial charge in [-0.2, -0.15) is 0 Å². The van der Waals surface area contributed by atoms with E-state index in [4.69, 9.17) is 11.6 Å². The lowest BCUT2D eigenvalue weighted by Crippen LogP contribution is -1.76. The van der Waals surface area contributed by atoms with Gasteiger partial charge in [0.25, 0.3) is 0 Å². The molecule has 0 fully saturated rings. The zero-order valence-electron chi connectivity index (χ0n) is 5.21. The molecule has 0 saturated heterocycles. The number of thiophene rings is 1. The Morgan fingerprint density at radius 2 is 2.27 bits per heavy atom. The third kappa shape index (κ3) is 1.26. The van der Waals surface area contributed by atoms with E-state index >= 15 is 0 Å². The maximum Gasteiger partial charge on any atom is 0.127 e. The van der Waals surface area contributed by atoms with Crippen LogP contribution in [0.25, 0.3) is 10.2 Å². The van der Waals surface area contributed by atoms with Crippen LogP contribution in [-0.4, -0.2) is 9.97 Å². The highest BCUT2D eigenvalue weighted by molar-refractivity contribution is 9.10. The first-order chi connectivity index (χ1) is 5.27. The summed E-state index contributed by atoms with van der Waals surface area (Å²) in [5.74, 6) is 0. The van der Waals surface area contributed by atoms with Crippen LogP contribution in [0.5, 0.6) is 0 Å². The van der Waals surface area contributed by atoms with Crippen LogP contribution in [0.15, 0.2) is 17.0 Å². The average Bonchev–Trinajstić information content (AvgIpc) is 2.31. The second kappa shape index (κ2) is 2.69. The van der Waals surface area contributed by atoms with Crippen LogP contribution in [0.1, 0.15) is 0 Å². The second-order valence-electron chi connectivity index (χ2n) is 1.93. The number of rotatable bonds is 0. The van der Waals surface area contributed by atoms with Crippen molar-refractivity contribution >= 4 is 49.1 Å². The van der Waals surface area contributed by atoms with E-state index in [1.54, 1.807) is 0 Å². The molecule has 0 radical (unpaired) electrons. The Morgan fingerprint density at radius 3 is 3.00 bits per heavy atom. The van der Waals surface area contributed by atoms with Gasteiger partial charge in [-0.15, -0.1) is 11.3 Å². The molecule has 11 heavy (non-hydrogen) atoms. The Kier molecular flexibility index (Phi) is 1.83. The summed E-state index contributed by atoms with van der Waals surface area (Å²) in [6.45, 7) is 0. The highest BCUT2D eigenvalue weighted by Crippen LogP contribution is 2.31. The van der Waals surface area contributed by atoms with Crippen LogP contribution in [0, 0.1) is 0 Å². The van der Waals surface area contributed by atoms with Crippen LogP contribution in [0.3, 0.4) is 0 Å². The zero-order chi connectivity index (χ0) is 7.84. The Balaban J connectivity index is 2.90. The van der Waals surface area contributed by atoms with Crippen LogP contribution in [0.4, 0.5) is 0 Å². The Labute approximate surface area is 80.4 Å². The third-order valence-electron chi connectivity index (χ3n) is 1.24. The minimum absolute atomic E-state index is 0.737. The predicted octanol–water partition coefficient (Wildman–Crippen LogP) is 3.11. The van der Waals surface area contributed by atoms with Crippen molar-refractivity contribution in [3.63, 3.8) is 0 Å². The summed E-state index contributed by atoms with van der Waals surface area (Å²) in [5.41, 5.74) is 0.891. The molecular formula is C6H2BrClN2S. The van der Waals surface area contributed by atoms with Gasteiger partial charge in [0.2, 0.25) is 0 Å². The lowest BCUT2D eigenvalue weighted by molar-refractivity contribution is 1.20. The van der Waals surface area contributed by atoms with Crippen LogP contribution >= 0.6 is 38.9 Å². The normalized spacial score (nSPS) is 10.7. The fraction of sp³-hybridized carbons (Fsp3) is 0. The van der Waals surface area contributed by atoms with Gasteiger partial charge in [-0.05, 0) is 22.0 Å². The number of nitrogens with zero attached hydrogens (tertiary/aromatic N) is 2. The molecular weight excluding hydrogens is 248 g/mol. The van der Waals surface area contributed by atoms with Crippen molar-refractivity contribution in [3.05, 3.63) is 21.3 Å². The van der Waals surface area contributed by atoms with Gasteiger partial charge >= 0.3 is 0 Å². The smallest absolute Gasteiger partial charge is 0.127 e. The number of fused-ring (bicyclic) bond motifs is 1. The van der Waals surface area contributed by atoms with Crippen molar-refractivity contribution in [3.8, 4) is 0 Å². The van der Waals surface area contributed by atoms with Crippen molar-refractivity contribution in [2.45, 2.75) is 0 Å². The van der Waals surface area contributed by atoms with E-state index in [0.717, 1.165) is 19.2 Å². The molecule has 2 heterocycles. The van der Waals surface area contributed by atoms with Crippen molar-refractivity contribution in [1.82, 2.24) is 9.97 Å². The predicted molar refractivity (Wildman–Crippen MR) is 50.1 cm³/mol. The first kappa shape index (κ1) is 7.46. The average molecular weight is 250 g/mol. The highest BCUT2D eigenvalue weighted by atomic mass is 79.9. The monoisotopic (exact) mass is 248 g/mol. The zero-order valence-corrected chi connectivity index (χ0v) is 8.37. The van der Waals surface area contributed by atoms with E-state index in [2.05, 4.69) is 25.9 Å². The van der Waals surface area contributed by atoms with Crippen molar-refractivity contribution in [2.75, 3.05) is 0 Å². The van der Waals surface area contributed by atoms with E-state index in [1.165, 1.54) is 17.7 Å². The van der Waals surface area contributed by atoms with Crippen molar-refractivity contribution in [1.29, 1.82) is 0 Å². The van der Waals surface area contributed by atoms with Crippen LogP contribution in [-0.2, 0) is 0 Å². The molecule has 0 atom stereocenters. The number of hydrogen-bond donors (Lipinski definition) is 0. The molecule has 0 N–H and O–H groups in total. The topological polar surface area (TPSA) is 25.8 Å². The molecule has 0 bridgehead atoms. The maximum absolute atomic E-state index is 5.78. The van der Waals surface area contributed by atoms with Gasteiger partial charge in [0, 0.05) is 0 Å². The molecule has 0 spiro atoms. The maximum atomic E-state index is 5.78. The first-order valence-corrected chi connectivity index (χ1v) is 4.81. The highest BCUT2D eigenvalue weighted by Gasteiger charge is 2.03. The Hall–Kier alpha value is -0.190. The molecule has 0 unspecified atom stereocenters. The third-order valence-corrected chi connectivity index (χ3v) is 3.36. The summed E-state index contributed by atoms with van der Waals surface area (Å²) in [4.78, 5) is 8.03. The molecule has 0 amide bonds. The Morgan fingerprint density at radius 1 is 1.45 bits per heavy atom. The quantitative estimate of drug-likeness (QED) is 0.671. The van der Waals surface area contributed by atoms with E-state index in [0.29, 0.717) is 0 Å². The van der Waals surface area contributed by atoms with Crippen LogP contribution in [0.2, 0.25) is 4.34 Å². The summed E-state index contributed by atoms with van der Waals surface area (Å²) in [6.07, 6.45) is 1.51. The summed E-state index contributed by atoms with van der Waals surface area (Å²) < 4.78 is 2.54. The number of halogens is 2. The Bertz CT molecular complexity index is 400. The SMILES string of the molecule is Clc1cc2ncnc(Br)c2s1. The van der Waals surface area contributed by atoms with Crippen LogP contribution < -0.4 is 0 Å². The lowest BCUT2D eigenvalue weighted by Gasteiger charge is -1.87. The summed E-state index contributed by atoms with van der Waals surface area (Å²) in [5, 5.41) is 0. The molecule has 0 aliphatic rings. The number of aromatic nitrogens is 2. The molecule has 0 saturated carbocycles. The summed E-state index contributed by atoms with van der Waals surface area (Å²) in [7, 11) is 0. The molecule has 56 valence electrons. The molecule has 2 rings (SSSR count). The van der Waals surface area contributed by atoms with Gasteiger partial charge in [0.15, 0.2) is 0 Å². The molecule has 0 aliphatic heterocycles. The van der Waals surface area contributed by atoms with Gasteiger partial charge < -0.3 is 0 Å². The molecule has 2 nitrogen and oxygen atoms in total. The molecule has 2 aromatic rings. The second-order valence-corrected chi connectivity index (χ2v) is 4.36. The summed E-state index contributed by atoms with van der Waals surface area (Å²) in [6, 6.07) is 1.83. The van der Waals surface area contributed by atoms with Crippen molar-refractivity contribution < 1.29 is 0 Å². The minimum atomic E-state index is 0.737. The van der Waals surface area contributed by atoms with Gasteiger partial charge in [0.1, 0.15) is 10.9 Å². The summed E-state index contributed by atoms with van der Waals surface area (Å²) >= 11 is 10.6. The number of hydrogen-bond acceptors (Lipinski definition) is 3. The van der Waals surface area contributed by atoms with Gasteiger partial charge in [0.05, 0.1) is 14.6 Å². The fourth-order valence-corrected chi connectivity index (χ4v) is 2.39. The van der Waals surface area contributed by atoms with Crippen molar-refractivity contribution in [2.24, 2.45) is 0 Å². The van der Waals surface area contributed by atoms with E-state index in [9.17, 15) is 0 Å². The standard InChI is InChI=1S/C6H2BrClN2S/c7-6-5-3(9-2-10-6)1-4(8)11-5/h1-2H. The fourth-order valence-electron chi connectivity index (χ4n) is 0.796. The molecule has 0 aromatic carbocycles. The largest absolute Gasteiger partial charge is 0.235 e. The molecule has 5 heteroatoms. The first-order valence-electron chi connectivity index (χ1n) is 2.83. The van der Waals surface area contributed by atoms with E-state index in [-0.39, 0.29) is 0 Å². The van der Waals surface area contributed by atoms with Gasteiger partial charge in [-0.25, -0.2) is 9.97 Å². The van der Waals surface area contributed by atoms with Gasteiger partial charge in [-0.3, -0.25) is 0 Å². The van der Waals surface area contributed by atoms with Gasteiger partial charge in [-0.1, -0.05) is 11.6 Å².